The minimum absolute atomic E-state index is 0.152. The third-order valence-corrected chi connectivity index (χ3v) is 4.60. The van der Waals surface area contributed by atoms with Crippen molar-refractivity contribution in [1.82, 2.24) is 29.4 Å². The summed E-state index contributed by atoms with van der Waals surface area (Å²) >= 11 is 0. The Morgan fingerprint density at radius 2 is 2.12 bits per heavy atom. The van der Waals surface area contributed by atoms with Gasteiger partial charge in [0.05, 0.1) is 6.20 Å². The van der Waals surface area contributed by atoms with Crippen molar-refractivity contribution < 1.29 is 4.79 Å². The molecule has 1 fully saturated rings. The highest BCUT2D eigenvalue weighted by molar-refractivity contribution is 5.80. The van der Waals surface area contributed by atoms with Gasteiger partial charge in [0.2, 0.25) is 5.91 Å². The van der Waals surface area contributed by atoms with Gasteiger partial charge < -0.3 is 4.90 Å². The van der Waals surface area contributed by atoms with Crippen LogP contribution >= 0.6 is 0 Å². The molecule has 0 radical (unpaired) electrons. The highest BCUT2D eigenvalue weighted by atomic mass is 16.2. The average Bonchev–Trinajstić information content (AvgIpc) is 3.23. The Kier molecular flexibility index (Phi) is 5.30. The van der Waals surface area contributed by atoms with E-state index in [1.54, 1.807) is 10.9 Å². The Hall–Kier alpha value is -2.15. The maximum Gasteiger partial charge on any atom is 0.247 e. The first-order valence-corrected chi connectivity index (χ1v) is 8.69. The molecule has 7 heteroatoms. The lowest BCUT2D eigenvalue weighted by molar-refractivity contribution is -0.134. The second kappa shape index (κ2) is 7.61. The van der Waals surface area contributed by atoms with Crippen LogP contribution in [-0.2, 0) is 17.9 Å². The Morgan fingerprint density at radius 3 is 2.83 bits per heavy atom. The number of aromatic nitrogens is 4. The fourth-order valence-corrected chi connectivity index (χ4v) is 3.16. The van der Waals surface area contributed by atoms with Gasteiger partial charge in [-0.15, -0.1) is 0 Å². The van der Waals surface area contributed by atoms with Crippen molar-refractivity contribution in [2.45, 2.75) is 39.4 Å². The van der Waals surface area contributed by atoms with Crippen molar-refractivity contribution in [2.24, 2.45) is 0 Å². The molecule has 0 spiro atoms. The van der Waals surface area contributed by atoms with Crippen molar-refractivity contribution in [3.63, 3.8) is 0 Å². The number of hydrogen-bond donors (Lipinski definition) is 0. The normalized spacial score (nSPS) is 17.7. The summed E-state index contributed by atoms with van der Waals surface area (Å²) in [5.41, 5.74) is 1.24. The van der Waals surface area contributed by atoms with Gasteiger partial charge in [0.15, 0.2) is 0 Å². The number of amides is 1. The van der Waals surface area contributed by atoms with Crippen molar-refractivity contribution >= 4 is 5.91 Å². The number of carbonyl (C=O) groups is 1. The molecular formula is C17H26N6O. The molecule has 7 nitrogen and oxygen atoms in total. The number of nitrogens with zero attached hydrogens (tertiary/aromatic N) is 6. The lowest BCUT2D eigenvalue weighted by Crippen LogP contribution is -2.39. The van der Waals surface area contributed by atoms with E-state index in [9.17, 15) is 4.79 Å². The minimum Gasteiger partial charge on any atom is -0.340 e. The lowest BCUT2D eigenvalue weighted by Gasteiger charge is -2.24. The van der Waals surface area contributed by atoms with E-state index in [1.807, 2.05) is 35.0 Å². The molecule has 1 saturated heterocycles. The van der Waals surface area contributed by atoms with Crippen LogP contribution in [0.5, 0.6) is 0 Å². The summed E-state index contributed by atoms with van der Waals surface area (Å²) in [7, 11) is 0. The van der Waals surface area contributed by atoms with Crippen LogP contribution in [0.3, 0.4) is 0 Å². The van der Waals surface area contributed by atoms with Crippen molar-refractivity contribution in [1.29, 1.82) is 0 Å². The average molecular weight is 330 g/mol. The molecule has 0 N–H and O–H groups in total. The molecule has 1 unspecified atom stereocenters. The predicted molar refractivity (Wildman–Crippen MR) is 91.3 cm³/mol. The molecule has 1 atom stereocenters. The molecule has 2 aromatic heterocycles. The molecule has 2 aromatic rings. The van der Waals surface area contributed by atoms with Crippen LogP contribution in [0.15, 0.2) is 30.9 Å². The van der Waals surface area contributed by atoms with Gasteiger partial charge in [-0.25, -0.2) is 0 Å². The zero-order valence-corrected chi connectivity index (χ0v) is 14.5. The standard InChI is InChI=1S/C17H26N6O/c1-3-22-14-16(12-19-22)13-20-7-5-8-21(11-10-20)17(24)15(2)23-9-4-6-18-23/h4,6,9,12,14-15H,3,5,7-8,10-11,13H2,1-2H3. The molecule has 0 aliphatic carbocycles. The number of rotatable bonds is 5. The largest absolute Gasteiger partial charge is 0.340 e. The van der Waals surface area contributed by atoms with E-state index in [2.05, 4.69) is 28.2 Å². The Balaban J connectivity index is 1.55. The van der Waals surface area contributed by atoms with Gasteiger partial charge in [-0.2, -0.15) is 10.2 Å². The van der Waals surface area contributed by atoms with Crippen molar-refractivity contribution in [3.8, 4) is 0 Å². The molecule has 3 heterocycles. The van der Waals surface area contributed by atoms with Crippen LogP contribution in [0.2, 0.25) is 0 Å². The summed E-state index contributed by atoms with van der Waals surface area (Å²) in [6, 6.07) is 1.61. The predicted octanol–water partition coefficient (Wildman–Crippen LogP) is 1.39. The Labute approximate surface area is 142 Å². The number of aryl methyl sites for hydroxylation is 1. The molecule has 3 rings (SSSR count). The maximum absolute atomic E-state index is 12.7. The second-order valence-electron chi connectivity index (χ2n) is 6.32. The second-order valence-corrected chi connectivity index (χ2v) is 6.32. The summed E-state index contributed by atoms with van der Waals surface area (Å²) < 4.78 is 3.68. The Bertz CT molecular complexity index is 650. The third kappa shape index (κ3) is 3.84. The molecule has 130 valence electrons. The topological polar surface area (TPSA) is 59.2 Å². The highest BCUT2D eigenvalue weighted by Gasteiger charge is 2.24. The SMILES string of the molecule is CCn1cc(CN2CCCN(C(=O)C(C)n3cccn3)CC2)cn1. The summed E-state index contributed by atoms with van der Waals surface area (Å²) in [5, 5.41) is 8.52. The smallest absolute Gasteiger partial charge is 0.247 e. The molecule has 0 aromatic carbocycles. The first kappa shape index (κ1) is 16.7. The summed E-state index contributed by atoms with van der Waals surface area (Å²) in [4.78, 5) is 17.1. The van der Waals surface area contributed by atoms with Gasteiger partial charge >= 0.3 is 0 Å². The van der Waals surface area contributed by atoms with E-state index in [4.69, 9.17) is 0 Å². The summed E-state index contributed by atoms with van der Waals surface area (Å²) in [5.74, 6) is 0.152. The van der Waals surface area contributed by atoms with Gasteiger partial charge in [-0.05, 0) is 26.3 Å². The highest BCUT2D eigenvalue weighted by Crippen LogP contribution is 2.13. The molecule has 1 amide bonds. The van der Waals surface area contributed by atoms with E-state index >= 15 is 0 Å². The third-order valence-electron chi connectivity index (χ3n) is 4.60. The fraction of sp³-hybridized carbons (Fsp3) is 0.588. The van der Waals surface area contributed by atoms with E-state index in [1.165, 1.54) is 5.56 Å². The maximum atomic E-state index is 12.7. The number of carbonyl (C=O) groups excluding carboxylic acids is 1. The first-order valence-electron chi connectivity index (χ1n) is 8.69. The van der Waals surface area contributed by atoms with Gasteiger partial charge in [-0.1, -0.05) is 0 Å². The molecule has 0 saturated carbocycles. The summed E-state index contributed by atoms with van der Waals surface area (Å²) in [6.45, 7) is 9.29. The van der Waals surface area contributed by atoms with Crippen LogP contribution in [-0.4, -0.2) is 61.4 Å². The molecule has 1 aliphatic heterocycles. The van der Waals surface area contributed by atoms with E-state index in [-0.39, 0.29) is 11.9 Å². The first-order chi connectivity index (χ1) is 11.7. The van der Waals surface area contributed by atoms with Crippen LogP contribution in [0.4, 0.5) is 0 Å². The molecule has 0 bridgehead atoms. The van der Waals surface area contributed by atoms with Crippen LogP contribution in [0, 0.1) is 0 Å². The molecule has 24 heavy (non-hydrogen) atoms. The van der Waals surface area contributed by atoms with Gasteiger partial charge in [0.25, 0.3) is 0 Å². The molecular weight excluding hydrogens is 304 g/mol. The van der Waals surface area contributed by atoms with Gasteiger partial charge in [0.1, 0.15) is 6.04 Å². The van der Waals surface area contributed by atoms with Gasteiger partial charge in [-0.3, -0.25) is 19.1 Å². The van der Waals surface area contributed by atoms with Crippen LogP contribution in [0.1, 0.15) is 31.9 Å². The van der Waals surface area contributed by atoms with E-state index in [0.717, 1.165) is 45.7 Å². The van der Waals surface area contributed by atoms with E-state index < -0.39 is 0 Å². The fourth-order valence-electron chi connectivity index (χ4n) is 3.16. The van der Waals surface area contributed by atoms with Crippen molar-refractivity contribution in [2.75, 3.05) is 26.2 Å². The summed E-state index contributed by atoms with van der Waals surface area (Å²) in [6.07, 6.45) is 8.60. The molecule has 1 aliphatic rings. The lowest BCUT2D eigenvalue weighted by atomic mass is 10.2. The zero-order chi connectivity index (χ0) is 16.9. The van der Waals surface area contributed by atoms with Crippen LogP contribution < -0.4 is 0 Å². The van der Waals surface area contributed by atoms with Gasteiger partial charge in [0, 0.05) is 63.4 Å². The monoisotopic (exact) mass is 330 g/mol. The van der Waals surface area contributed by atoms with Crippen molar-refractivity contribution in [3.05, 3.63) is 36.4 Å². The number of hydrogen-bond acceptors (Lipinski definition) is 4. The quantitative estimate of drug-likeness (QED) is 0.831. The minimum atomic E-state index is -0.241. The van der Waals surface area contributed by atoms with E-state index in [0.29, 0.717) is 0 Å². The Morgan fingerprint density at radius 1 is 1.25 bits per heavy atom. The van der Waals surface area contributed by atoms with Crippen LogP contribution in [0.25, 0.3) is 0 Å². The zero-order valence-electron chi connectivity index (χ0n) is 14.5.